The van der Waals surface area contributed by atoms with Crippen molar-refractivity contribution in [2.45, 2.75) is 25.8 Å². The standard InChI is InChI=1S/C19H24FN5O2/c1-24(2)12-10-21-19(27)17-23-16(15-5-3-4-11-25(15)17)18(26)22-14-8-6-13(20)7-9-14/h6-9H,3-5,10-12H2,1-2H3,(H,21,27)(H,22,26). The van der Waals surface area contributed by atoms with Gasteiger partial charge in [0.1, 0.15) is 5.82 Å². The number of likely N-dealkylation sites (N-methyl/N-ethyl adjacent to an activating group) is 1. The molecule has 2 N–H and O–H groups in total. The van der Waals surface area contributed by atoms with Gasteiger partial charge < -0.3 is 20.1 Å². The number of amides is 2. The van der Waals surface area contributed by atoms with Gasteiger partial charge in [0.25, 0.3) is 11.8 Å². The molecule has 0 fully saturated rings. The molecule has 0 radical (unpaired) electrons. The number of halogens is 1. The van der Waals surface area contributed by atoms with E-state index in [1.165, 1.54) is 24.3 Å². The van der Waals surface area contributed by atoms with E-state index in [1.807, 2.05) is 23.6 Å². The summed E-state index contributed by atoms with van der Waals surface area (Å²) in [5.41, 5.74) is 1.52. The molecule has 2 heterocycles. The molecule has 2 amide bonds. The van der Waals surface area contributed by atoms with E-state index in [2.05, 4.69) is 15.6 Å². The van der Waals surface area contributed by atoms with Gasteiger partial charge in [-0.1, -0.05) is 0 Å². The Morgan fingerprint density at radius 3 is 2.63 bits per heavy atom. The summed E-state index contributed by atoms with van der Waals surface area (Å²) in [4.78, 5) is 31.6. The molecule has 3 rings (SSSR count). The fraction of sp³-hybridized carbons (Fsp3) is 0.421. The van der Waals surface area contributed by atoms with Crippen molar-refractivity contribution in [2.24, 2.45) is 0 Å². The number of rotatable bonds is 6. The van der Waals surface area contributed by atoms with Crippen LogP contribution < -0.4 is 10.6 Å². The number of hydrogen-bond donors (Lipinski definition) is 2. The van der Waals surface area contributed by atoms with E-state index in [9.17, 15) is 14.0 Å². The van der Waals surface area contributed by atoms with Gasteiger partial charge in [0.05, 0.1) is 5.69 Å². The third-order valence-corrected chi connectivity index (χ3v) is 4.48. The van der Waals surface area contributed by atoms with Gasteiger partial charge >= 0.3 is 0 Å². The molecule has 0 spiro atoms. The first-order valence-corrected chi connectivity index (χ1v) is 9.05. The second-order valence-electron chi connectivity index (χ2n) is 6.86. The second-order valence-corrected chi connectivity index (χ2v) is 6.86. The maximum atomic E-state index is 13.0. The largest absolute Gasteiger partial charge is 0.348 e. The Morgan fingerprint density at radius 2 is 1.93 bits per heavy atom. The summed E-state index contributed by atoms with van der Waals surface area (Å²) in [5, 5.41) is 5.58. The fourth-order valence-electron chi connectivity index (χ4n) is 3.09. The molecule has 0 bridgehead atoms. The maximum absolute atomic E-state index is 13.0. The molecule has 2 aromatic rings. The van der Waals surface area contributed by atoms with Crippen LogP contribution in [-0.2, 0) is 13.0 Å². The predicted octanol–water partition coefficient (Wildman–Crippen LogP) is 1.90. The van der Waals surface area contributed by atoms with Gasteiger partial charge in [-0.2, -0.15) is 0 Å². The Morgan fingerprint density at radius 1 is 1.19 bits per heavy atom. The minimum absolute atomic E-state index is 0.261. The molecular weight excluding hydrogens is 349 g/mol. The van der Waals surface area contributed by atoms with Gasteiger partial charge in [-0.3, -0.25) is 9.59 Å². The predicted molar refractivity (Wildman–Crippen MR) is 100 cm³/mol. The molecule has 1 aromatic carbocycles. The summed E-state index contributed by atoms with van der Waals surface area (Å²) in [5.74, 6) is -0.766. The minimum Gasteiger partial charge on any atom is -0.348 e. The van der Waals surface area contributed by atoms with Gasteiger partial charge in [-0.15, -0.1) is 0 Å². The monoisotopic (exact) mass is 373 g/mol. The Bertz CT molecular complexity index is 829. The first kappa shape index (κ1) is 19.0. The van der Waals surface area contributed by atoms with Gasteiger partial charge in [-0.25, -0.2) is 9.37 Å². The van der Waals surface area contributed by atoms with Crippen molar-refractivity contribution in [3.05, 3.63) is 47.3 Å². The third kappa shape index (κ3) is 4.51. The van der Waals surface area contributed by atoms with E-state index in [1.54, 1.807) is 0 Å². The third-order valence-electron chi connectivity index (χ3n) is 4.48. The van der Waals surface area contributed by atoms with Crippen LogP contribution in [0.3, 0.4) is 0 Å². The minimum atomic E-state index is -0.389. The van der Waals surface area contributed by atoms with Crippen LogP contribution in [0.15, 0.2) is 24.3 Å². The molecule has 144 valence electrons. The zero-order valence-electron chi connectivity index (χ0n) is 15.6. The van der Waals surface area contributed by atoms with Gasteiger partial charge in [-0.05, 0) is 57.6 Å². The number of benzene rings is 1. The summed E-state index contributed by atoms with van der Waals surface area (Å²) >= 11 is 0. The van der Waals surface area contributed by atoms with Crippen molar-refractivity contribution in [2.75, 3.05) is 32.5 Å². The van der Waals surface area contributed by atoms with Crippen molar-refractivity contribution in [3.8, 4) is 0 Å². The number of nitrogens with zero attached hydrogens (tertiary/aromatic N) is 3. The fourth-order valence-corrected chi connectivity index (χ4v) is 3.09. The first-order chi connectivity index (χ1) is 13.0. The summed E-state index contributed by atoms with van der Waals surface area (Å²) < 4.78 is 14.9. The van der Waals surface area contributed by atoms with E-state index in [-0.39, 0.29) is 29.1 Å². The van der Waals surface area contributed by atoms with E-state index in [0.29, 0.717) is 25.2 Å². The number of aromatic nitrogens is 2. The summed E-state index contributed by atoms with van der Waals surface area (Å²) in [6.45, 7) is 1.89. The van der Waals surface area contributed by atoms with Crippen LogP contribution in [0.5, 0.6) is 0 Å². The number of fused-ring (bicyclic) bond motifs is 1. The van der Waals surface area contributed by atoms with Crippen LogP contribution in [-0.4, -0.2) is 53.5 Å². The molecule has 0 saturated heterocycles. The molecule has 1 aromatic heterocycles. The molecule has 27 heavy (non-hydrogen) atoms. The normalized spacial score (nSPS) is 13.3. The molecule has 1 aliphatic rings. The Balaban J connectivity index is 1.80. The van der Waals surface area contributed by atoms with Gasteiger partial charge in [0.2, 0.25) is 0 Å². The van der Waals surface area contributed by atoms with Gasteiger partial charge in [0.15, 0.2) is 11.5 Å². The Labute approximate surface area is 157 Å². The van der Waals surface area contributed by atoms with Crippen molar-refractivity contribution in [3.63, 3.8) is 0 Å². The van der Waals surface area contributed by atoms with Crippen LogP contribution in [0.2, 0.25) is 0 Å². The highest BCUT2D eigenvalue weighted by atomic mass is 19.1. The lowest BCUT2D eigenvalue weighted by atomic mass is 10.1. The van der Waals surface area contributed by atoms with Crippen LogP contribution in [0.1, 0.15) is 39.6 Å². The van der Waals surface area contributed by atoms with Crippen LogP contribution in [0.25, 0.3) is 0 Å². The second kappa shape index (κ2) is 8.30. The number of imidazole rings is 1. The average Bonchev–Trinajstić information content (AvgIpc) is 3.03. The SMILES string of the molecule is CN(C)CCNC(=O)c1nc(C(=O)Nc2ccc(F)cc2)c2n1CCCC2. The van der Waals surface area contributed by atoms with E-state index < -0.39 is 0 Å². The lowest BCUT2D eigenvalue weighted by Crippen LogP contribution is -2.33. The molecule has 1 aliphatic heterocycles. The molecule has 0 aliphatic carbocycles. The Hall–Kier alpha value is -2.74. The number of nitrogens with one attached hydrogen (secondary N) is 2. The van der Waals surface area contributed by atoms with Crippen LogP contribution >= 0.6 is 0 Å². The van der Waals surface area contributed by atoms with E-state index in [0.717, 1.165) is 25.1 Å². The number of carbonyl (C=O) groups is 2. The number of carbonyl (C=O) groups excluding carboxylic acids is 2. The van der Waals surface area contributed by atoms with E-state index in [4.69, 9.17) is 0 Å². The number of hydrogen-bond acceptors (Lipinski definition) is 4. The first-order valence-electron chi connectivity index (χ1n) is 9.05. The van der Waals surface area contributed by atoms with Crippen LogP contribution in [0.4, 0.5) is 10.1 Å². The summed E-state index contributed by atoms with van der Waals surface area (Å²) in [6, 6.07) is 5.54. The maximum Gasteiger partial charge on any atom is 0.287 e. The summed E-state index contributed by atoms with van der Waals surface area (Å²) in [6.07, 6.45) is 2.59. The number of anilines is 1. The lowest BCUT2D eigenvalue weighted by Gasteiger charge is -2.17. The quantitative estimate of drug-likeness (QED) is 0.811. The van der Waals surface area contributed by atoms with Crippen molar-refractivity contribution in [1.82, 2.24) is 19.8 Å². The summed E-state index contributed by atoms with van der Waals surface area (Å²) in [7, 11) is 3.86. The molecular formula is C19H24FN5O2. The molecule has 7 nitrogen and oxygen atoms in total. The topological polar surface area (TPSA) is 79.3 Å². The zero-order valence-corrected chi connectivity index (χ0v) is 15.6. The highest BCUT2D eigenvalue weighted by molar-refractivity contribution is 6.05. The molecule has 0 unspecified atom stereocenters. The van der Waals surface area contributed by atoms with Crippen molar-refractivity contribution < 1.29 is 14.0 Å². The van der Waals surface area contributed by atoms with Crippen molar-refractivity contribution in [1.29, 1.82) is 0 Å². The highest BCUT2D eigenvalue weighted by Gasteiger charge is 2.27. The molecule has 8 heteroatoms. The zero-order chi connectivity index (χ0) is 19.4. The van der Waals surface area contributed by atoms with Crippen LogP contribution in [0, 0.1) is 5.82 Å². The molecule has 0 atom stereocenters. The van der Waals surface area contributed by atoms with Crippen molar-refractivity contribution >= 4 is 17.5 Å². The molecule has 0 saturated carbocycles. The van der Waals surface area contributed by atoms with Gasteiger partial charge in [0, 0.05) is 25.3 Å². The smallest absolute Gasteiger partial charge is 0.287 e. The van der Waals surface area contributed by atoms with E-state index >= 15 is 0 Å². The average molecular weight is 373 g/mol. The highest BCUT2D eigenvalue weighted by Crippen LogP contribution is 2.22. The lowest BCUT2D eigenvalue weighted by molar-refractivity contribution is 0.0935. The Kier molecular flexibility index (Phi) is 5.85.